The van der Waals surface area contributed by atoms with Crippen molar-refractivity contribution in [3.63, 3.8) is 0 Å². The number of aliphatic hydroxyl groups is 1. The van der Waals surface area contributed by atoms with Crippen molar-refractivity contribution in [2.75, 3.05) is 6.61 Å². The van der Waals surface area contributed by atoms with E-state index in [4.69, 9.17) is 15.9 Å². The molecule has 0 aliphatic carbocycles. The molecule has 0 unspecified atom stereocenters. The predicted molar refractivity (Wildman–Crippen MR) is 138 cm³/mol. The summed E-state index contributed by atoms with van der Waals surface area (Å²) < 4.78 is 91.2. The third-order valence-electron chi connectivity index (χ3n) is 5.27. The van der Waals surface area contributed by atoms with Crippen LogP contribution in [0.15, 0.2) is 40.7 Å². The van der Waals surface area contributed by atoms with Crippen LogP contribution in [0, 0.1) is 6.92 Å². The Morgan fingerprint density at radius 3 is 2.24 bits per heavy atom. The Labute approximate surface area is 233 Å². The van der Waals surface area contributed by atoms with Gasteiger partial charge in [-0.15, -0.1) is 11.3 Å². The van der Waals surface area contributed by atoms with Gasteiger partial charge < -0.3 is 20.9 Å². The number of nitrogens with zero attached hydrogens (tertiary/aromatic N) is 4. The molecule has 0 atom stereocenters. The van der Waals surface area contributed by atoms with E-state index < -0.39 is 51.0 Å². The average Bonchev–Trinajstić information content (AvgIpc) is 3.45. The van der Waals surface area contributed by atoms with E-state index in [1.807, 2.05) is 0 Å². The van der Waals surface area contributed by atoms with Crippen molar-refractivity contribution in [3.8, 4) is 11.3 Å². The molecule has 4 aromatic rings. The number of aliphatic hydroxyl groups excluding tert-OH is 1. The minimum Gasteiger partial charge on any atom is -0.477 e. The van der Waals surface area contributed by atoms with Gasteiger partial charge in [0, 0.05) is 5.56 Å². The molecule has 18 heteroatoms. The molecular formula is C23H22F5N6O5S2-. The molecule has 11 nitrogen and oxygen atoms in total. The van der Waals surface area contributed by atoms with E-state index in [-0.39, 0.29) is 32.9 Å². The highest BCUT2D eigenvalue weighted by Crippen LogP contribution is 2.32. The Morgan fingerprint density at radius 2 is 1.78 bits per heavy atom. The molecule has 0 radical (unpaired) electrons. The van der Waals surface area contributed by atoms with Crippen molar-refractivity contribution < 1.29 is 45.4 Å². The summed E-state index contributed by atoms with van der Waals surface area (Å²) in [6.45, 7) is 4.37. The van der Waals surface area contributed by atoms with Gasteiger partial charge in [-0.05, 0) is 49.8 Å². The highest BCUT2D eigenvalue weighted by Gasteiger charge is 2.30. The lowest BCUT2D eigenvalue weighted by Gasteiger charge is -2.22. The Bertz CT molecular complexity index is 1670. The molecule has 0 amide bonds. The monoisotopic (exact) mass is 621 g/mol. The lowest BCUT2D eigenvalue weighted by Crippen LogP contribution is -2.46. The van der Waals surface area contributed by atoms with Crippen LogP contribution in [0.4, 0.5) is 27.1 Å². The summed E-state index contributed by atoms with van der Waals surface area (Å²) >= 11 is 0.796. The second-order valence-electron chi connectivity index (χ2n) is 9.08. The van der Waals surface area contributed by atoms with Crippen molar-refractivity contribution >= 4 is 38.1 Å². The number of halogens is 5. The zero-order valence-electron chi connectivity index (χ0n) is 21.4. The Hall–Kier alpha value is -3.74. The first-order chi connectivity index (χ1) is 18.9. The maximum Gasteiger partial charge on any atom is 0.416 e. The van der Waals surface area contributed by atoms with Crippen LogP contribution in [0.2, 0.25) is 0 Å². The lowest BCUT2D eigenvalue weighted by molar-refractivity contribution is -0.137. The van der Waals surface area contributed by atoms with Crippen LogP contribution in [-0.4, -0.2) is 56.3 Å². The minimum atomic E-state index is -4.54. The smallest absolute Gasteiger partial charge is 0.416 e. The van der Waals surface area contributed by atoms with E-state index in [1.165, 1.54) is 6.92 Å². The number of fused-ring (bicyclic) bond motifs is 1. The molecule has 0 fully saturated rings. The van der Waals surface area contributed by atoms with Crippen LogP contribution in [-0.2, 0) is 16.2 Å². The van der Waals surface area contributed by atoms with Gasteiger partial charge in [-0.2, -0.15) is 18.3 Å². The van der Waals surface area contributed by atoms with E-state index in [0.29, 0.717) is 10.2 Å². The number of thiazole rings is 1. The Morgan fingerprint density at radius 1 is 1.17 bits per heavy atom. The summed E-state index contributed by atoms with van der Waals surface area (Å²) in [6.07, 6.45) is -6.64. The van der Waals surface area contributed by atoms with Crippen LogP contribution in [0.1, 0.15) is 47.6 Å². The Kier molecular flexibility index (Phi) is 9.02. The van der Waals surface area contributed by atoms with E-state index in [2.05, 4.69) is 19.8 Å². The zero-order chi connectivity index (χ0) is 30.9. The maximum absolute atomic E-state index is 13.2. The van der Waals surface area contributed by atoms with Gasteiger partial charge in [0.15, 0.2) is 5.65 Å². The number of sulfonamides is 1. The second kappa shape index (κ2) is 11.6. The molecule has 0 aliphatic heterocycles. The minimum absolute atomic E-state index is 0.0269. The van der Waals surface area contributed by atoms with Crippen LogP contribution >= 0.6 is 11.3 Å². The van der Waals surface area contributed by atoms with Crippen molar-refractivity contribution in [2.45, 2.75) is 43.1 Å². The number of aromatic carboxylic acids is 1. The first-order valence-corrected chi connectivity index (χ1v) is 13.6. The fourth-order valence-electron chi connectivity index (χ4n) is 3.34. The van der Waals surface area contributed by atoms with Crippen molar-refractivity contribution in [2.24, 2.45) is 0 Å². The molecule has 0 saturated carbocycles. The molecule has 0 bridgehead atoms. The van der Waals surface area contributed by atoms with Gasteiger partial charge in [-0.3, -0.25) is 0 Å². The molecule has 3 heterocycles. The summed E-state index contributed by atoms with van der Waals surface area (Å²) in [6, 6.07) is 4.69. The molecule has 1 aromatic carbocycles. The van der Waals surface area contributed by atoms with Crippen LogP contribution in [0.3, 0.4) is 0 Å². The maximum atomic E-state index is 13.2. The average molecular weight is 622 g/mol. The van der Waals surface area contributed by atoms with Crippen molar-refractivity contribution in [1.82, 2.24) is 24.3 Å². The number of carbonyl (C=O) groups is 1. The quantitative estimate of drug-likeness (QED) is 0.235. The highest BCUT2D eigenvalue weighted by molar-refractivity contribution is 7.91. The highest BCUT2D eigenvalue weighted by atomic mass is 32.2. The molecule has 4 rings (SSSR count). The number of hydrogen-bond acceptors (Lipinski definition) is 8. The van der Waals surface area contributed by atoms with Crippen LogP contribution in [0.5, 0.6) is 0 Å². The summed E-state index contributed by atoms with van der Waals surface area (Å²) in [5.74, 6) is -1.41. The summed E-state index contributed by atoms with van der Waals surface area (Å²) in [4.78, 5) is 18.9. The van der Waals surface area contributed by atoms with Gasteiger partial charge in [-0.25, -0.2) is 36.2 Å². The van der Waals surface area contributed by atoms with E-state index >= 15 is 0 Å². The van der Waals surface area contributed by atoms with Gasteiger partial charge in [0.05, 0.1) is 29.6 Å². The Balaban J connectivity index is 0.000000250. The van der Waals surface area contributed by atoms with Gasteiger partial charge >= 0.3 is 12.1 Å². The third-order valence-corrected chi connectivity index (χ3v) is 8.54. The number of carboxylic acids is 1. The molecule has 4 N–H and O–H groups in total. The van der Waals surface area contributed by atoms with E-state index in [1.54, 1.807) is 13.8 Å². The van der Waals surface area contributed by atoms with Crippen LogP contribution in [0.25, 0.3) is 22.6 Å². The largest absolute Gasteiger partial charge is 0.477 e. The number of aryl methyl sites for hydroxylation is 1. The van der Waals surface area contributed by atoms with Gasteiger partial charge in [-0.1, -0.05) is 12.1 Å². The van der Waals surface area contributed by atoms with E-state index in [9.17, 15) is 35.2 Å². The molecule has 222 valence electrons. The number of hydrogen-bond donors (Lipinski definition) is 3. The number of nitrogens with one attached hydrogen (secondary N) is 2. The normalized spacial score (nSPS) is 12.4. The fourth-order valence-corrected chi connectivity index (χ4v) is 6.02. The van der Waals surface area contributed by atoms with Crippen molar-refractivity contribution in [3.05, 3.63) is 64.8 Å². The summed E-state index contributed by atoms with van der Waals surface area (Å²) in [5.41, 5.74) is 4.47. The zero-order valence-corrected chi connectivity index (χ0v) is 23.0. The second-order valence-corrected chi connectivity index (χ2v) is 12.0. The first-order valence-electron chi connectivity index (χ1n) is 11.3. The molecule has 41 heavy (non-hydrogen) atoms. The van der Waals surface area contributed by atoms with Crippen LogP contribution < -0.4 is 4.72 Å². The molecule has 0 spiro atoms. The number of carboxylic acid groups (broad SMARTS) is 1. The fraction of sp³-hybridized carbons (Fsp3) is 0.304. The standard InChI is InChI=1S/C15H8F5N3O2.C8H14N3O3S2/c16-12(17)11-5-10(7-1-3-8(4-2-7)15(18,19)20)22-13-9(14(24)25)6-21-23(11)13;1-5-6(15-7(9)10-5)16(13,14)11-8(2,3)4-12/h1-6,12H,(H,24,25);11-12H,4H2,1-3H3,(H-,9,10)/q;-1. The number of benzene rings is 1. The molecule has 0 aliphatic rings. The number of rotatable bonds is 7. The molecule has 0 saturated heterocycles. The topological polar surface area (TPSA) is 171 Å². The molecular weight excluding hydrogens is 599 g/mol. The summed E-state index contributed by atoms with van der Waals surface area (Å²) in [5, 5.41) is 21.6. The lowest BCUT2D eigenvalue weighted by atomic mass is 10.1. The van der Waals surface area contributed by atoms with Gasteiger partial charge in [0.2, 0.25) is 0 Å². The van der Waals surface area contributed by atoms with Gasteiger partial charge in [0.25, 0.3) is 16.4 Å². The van der Waals surface area contributed by atoms with Crippen molar-refractivity contribution in [1.29, 1.82) is 0 Å². The van der Waals surface area contributed by atoms with Gasteiger partial charge in [0.1, 0.15) is 15.5 Å². The number of alkyl halides is 5. The number of aromatic nitrogens is 4. The SMILES string of the molecule is Cc1nc([NH-])sc1S(=O)(=O)NC(C)(C)CO.O=C(O)c1cnn2c(C(F)F)cc(-c3ccc(C(F)(F)F)cc3)nc12. The predicted octanol–water partition coefficient (Wildman–Crippen LogP) is 5.24. The first kappa shape index (κ1) is 31.8. The molecule has 3 aromatic heterocycles. The third kappa shape index (κ3) is 7.32. The van der Waals surface area contributed by atoms with E-state index in [0.717, 1.165) is 47.9 Å². The summed E-state index contributed by atoms with van der Waals surface area (Å²) in [7, 11) is -3.71.